The lowest BCUT2D eigenvalue weighted by molar-refractivity contribution is 0.473. The molecule has 1 aromatic heterocycles. The minimum atomic E-state index is -0.108. The summed E-state index contributed by atoms with van der Waals surface area (Å²) in [7, 11) is 0. The van der Waals surface area contributed by atoms with Gasteiger partial charge in [-0.15, -0.1) is 0 Å². The van der Waals surface area contributed by atoms with Gasteiger partial charge in [0.05, 0.1) is 16.3 Å². The molecule has 1 heterocycles. The predicted octanol–water partition coefficient (Wildman–Crippen LogP) is 6.27. The molecule has 0 radical (unpaired) electrons. The molecule has 0 aliphatic carbocycles. The molecule has 3 aromatic carbocycles. The van der Waals surface area contributed by atoms with E-state index in [1.807, 2.05) is 25.1 Å². The van der Waals surface area contributed by atoms with Crippen LogP contribution in [0.4, 0.5) is 5.69 Å². The maximum atomic E-state index is 10.2. The number of fused-ring (bicyclic) bond motifs is 1. The number of phenolic OH excluding ortho intramolecular Hbond substituents is 2. The lowest BCUT2D eigenvalue weighted by atomic mass is 10.1. The second kappa shape index (κ2) is 7.19. The Balaban J connectivity index is 1.73. The molecule has 0 aliphatic rings. The van der Waals surface area contributed by atoms with Gasteiger partial charge in [0, 0.05) is 16.8 Å². The van der Waals surface area contributed by atoms with Gasteiger partial charge in [-0.2, -0.15) is 0 Å². The highest BCUT2D eigenvalue weighted by molar-refractivity contribution is 6.36. The van der Waals surface area contributed by atoms with E-state index in [4.69, 9.17) is 27.6 Å². The summed E-state index contributed by atoms with van der Waals surface area (Å²) in [5.74, 6) is 0.211. The molecule has 4 aromatic rings. The van der Waals surface area contributed by atoms with Crippen molar-refractivity contribution in [3.05, 3.63) is 69.7 Å². The molecule has 5 nitrogen and oxygen atoms in total. The third-order valence-electron chi connectivity index (χ3n) is 4.16. The van der Waals surface area contributed by atoms with Crippen molar-refractivity contribution in [3.63, 3.8) is 0 Å². The van der Waals surface area contributed by atoms with Crippen molar-refractivity contribution in [2.24, 2.45) is 4.99 Å². The third kappa shape index (κ3) is 3.54. The molecule has 28 heavy (non-hydrogen) atoms. The fraction of sp³-hybridized carbons (Fsp3) is 0.0476. The van der Waals surface area contributed by atoms with Crippen LogP contribution in [-0.2, 0) is 0 Å². The predicted molar refractivity (Wildman–Crippen MR) is 111 cm³/mol. The van der Waals surface area contributed by atoms with Crippen LogP contribution in [0, 0.1) is 6.92 Å². The van der Waals surface area contributed by atoms with Gasteiger partial charge >= 0.3 is 0 Å². The topological polar surface area (TPSA) is 78.9 Å². The van der Waals surface area contributed by atoms with Gasteiger partial charge in [0.15, 0.2) is 5.58 Å². The van der Waals surface area contributed by atoms with E-state index >= 15 is 0 Å². The Bertz CT molecular complexity index is 1230. The zero-order valence-electron chi connectivity index (χ0n) is 14.6. The van der Waals surface area contributed by atoms with Gasteiger partial charge in [0.2, 0.25) is 5.89 Å². The first-order valence-corrected chi connectivity index (χ1v) is 9.09. The quantitative estimate of drug-likeness (QED) is 0.388. The van der Waals surface area contributed by atoms with Crippen LogP contribution in [0.15, 0.2) is 57.9 Å². The number of aryl methyl sites for hydroxylation is 1. The van der Waals surface area contributed by atoms with Crippen molar-refractivity contribution < 1.29 is 14.6 Å². The van der Waals surface area contributed by atoms with Crippen molar-refractivity contribution in [2.45, 2.75) is 6.92 Å². The summed E-state index contributed by atoms with van der Waals surface area (Å²) < 4.78 is 5.76. The number of aromatic nitrogens is 1. The van der Waals surface area contributed by atoms with Crippen molar-refractivity contribution in [1.82, 2.24) is 4.98 Å². The maximum absolute atomic E-state index is 10.2. The average molecular weight is 413 g/mol. The van der Waals surface area contributed by atoms with Gasteiger partial charge < -0.3 is 14.6 Å². The van der Waals surface area contributed by atoms with E-state index in [0.717, 1.165) is 5.56 Å². The molecule has 0 bridgehead atoms. The molecule has 0 saturated heterocycles. The third-order valence-corrected chi connectivity index (χ3v) is 4.67. The van der Waals surface area contributed by atoms with Crippen LogP contribution in [0.5, 0.6) is 11.5 Å². The van der Waals surface area contributed by atoms with Gasteiger partial charge in [-0.25, -0.2) is 4.98 Å². The second-order valence-corrected chi connectivity index (χ2v) is 7.12. The van der Waals surface area contributed by atoms with Gasteiger partial charge in [-0.1, -0.05) is 29.3 Å². The monoisotopic (exact) mass is 412 g/mol. The van der Waals surface area contributed by atoms with Gasteiger partial charge in [0.25, 0.3) is 0 Å². The fourth-order valence-corrected chi connectivity index (χ4v) is 3.27. The lowest BCUT2D eigenvalue weighted by Crippen LogP contribution is -1.84. The number of benzene rings is 3. The van der Waals surface area contributed by atoms with Crippen LogP contribution >= 0.6 is 23.2 Å². The Morgan fingerprint density at radius 2 is 1.86 bits per heavy atom. The minimum Gasteiger partial charge on any atom is -0.507 e. The number of hydrogen-bond acceptors (Lipinski definition) is 5. The fourth-order valence-electron chi connectivity index (χ4n) is 2.76. The first-order valence-electron chi connectivity index (χ1n) is 8.33. The first kappa shape index (κ1) is 18.3. The standard InChI is InChI=1S/C21H14Cl2N2O3/c1-11-2-5-19-17(6-11)25-21(28-19)15-9-14(3-4-18(15)26)24-10-12-7-13(22)8-16(23)20(12)27/h2-10,26-27H,1H3. The number of aliphatic imine (C=N–C) groups is 1. The minimum absolute atomic E-state index is 0.0240. The summed E-state index contributed by atoms with van der Waals surface area (Å²) >= 11 is 11.9. The smallest absolute Gasteiger partial charge is 0.231 e. The zero-order valence-corrected chi connectivity index (χ0v) is 16.2. The molecule has 0 atom stereocenters. The van der Waals surface area contributed by atoms with E-state index in [2.05, 4.69) is 9.98 Å². The normalized spacial score (nSPS) is 11.5. The Kier molecular flexibility index (Phi) is 4.71. The Morgan fingerprint density at radius 3 is 2.68 bits per heavy atom. The molecule has 0 unspecified atom stereocenters. The molecule has 4 rings (SSSR count). The molecule has 2 N–H and O–H groups in total. The number of aromatic hydroxyl groups is 2. The van der Waals surface area contributed by atoms with Gasteiger partial charge in [0.1, 0.15) is 17.0 Å². The summed E-state index contributed by atoms with van der Waals surface area (Å²) in [6.07, 6.45) is 1.44. The van der Waals surface area contributed by atoms with E-state index in [1.165, 1.54) is 18.3 Å². The van der Waals surface area contributed by atoms with Crippen molar-refractivity contribution in [3.8, 4) is 23.0 Å². The second-order valence-electron chi connectivity index (χ2n) is 6.28. The van der Waals surface area contributed by atoms with E-state index in [-0.39, 0.29) is 16.5 Å². The van der Waals surface area contributed by atoms with Crippen LogP contribution in [0.25, 0.3) is 22.6 Å². The van der Waals surface area contributed by atoms with E-state index in [0.29, 0.717) is 38.8 Å². The van der Waals surface area contributed by atoms with Gasteiger partial charge in [-0.3, -0.25) is 4.99 Å². The van der Waals surface area contributed by atoms with E-state index in [1.54, 1.807) is 18.2 Å². The molecule has 0 amide bonds. The lowest BCUT2D eigenvalue weighted by Gasteiger charge is -2.04. The van der Waals surface area contributed by atoms with Crippen molar-refractivity contribution >= 4 is 46.2 Å². The molecule has 140 valence electrons. The van der Waals surface area contributed by atoms with Crippen LogP contribution < -0.4 is 0 Å². The molecule has 0 spiro atoms. The maximum Gasteiger partial charge on any atom is 0.231 e. The van der Waals surface area contributed by atoms with E-state index < -0.39 is 0 Å². The number of rotatable bonds is 3. The summed E-state index contributed by atoms with van der Waals surface area (Å²) in [6.45, 7) is 1.97. The number of hydrogen-bond donors (Lipinski definition) is 2. The summed E-state index contributed by atoms with van der Waals surface area (Å²) in [4.78, 5) is 8.78. The zero-order chi connectivity index (χ0) is 19.8. The molecule has 7 heteroatoms. The number of phenols is 2. The molecule has 0 aliphatic heterocycles. The highest BCUT2D eigenvalue weighted by Gasteiger charge is 2.13. The number of halogens is 2. The van der Waals surface area contributed by atoms with Crippen LogP contribution in [-0.4, -0.2) is 21.4 Å². The summed E-state index contributed by atoms with van der Waals surface area (Å²) in [5.41, 5.74) is 3.73. The number of oxazole rings is 1. The average Bonchev–Trinajstić information content (AvgIpc) is 3.07. The molecular formula is C21H14Cl2N2O3. The van der Waals surface area contributed by atoms with E-state index in [9.17, 15) is 10.2 Å². The molecule has 0 saturated carbocycles. The number of nitrogens with zero attached hydrogens (tertiary/aromatic N) is 2. The Hall–Kier alpha value is -3.02. The van der Waals surface area contributed by atoms with Crippen molar-refractivity contribution in [2.75, 3.05) is 0 Å². The molecular weight excluding hydrogens is 399 g/mol. The first-order chi connectivity index (χ1) is 13.4. The highest BCUT2D eigenvalue weighted by Crippen LogP contribution is 2.35. The SMILES string of the molecule is Cc1ccc2oc(-c3cc(N=Cc4cc(Cl)cc(Cl)c4O)ccc3O)nc2c1. The molecule has 0 fully saturated rings. The van der Waals surface area contributed by atoms with Crippen molar-refractivity contribution in [1.29, 1.82) is 0 Å². The summed E-state index contributed by atoms with van der Waals surface area (Å²) in [5, 5.41) is 20.8. The highest BCUT2D eigenvalue weighted by atomic mass is 35.5. The Labute approximate surface area is 170 Å². The van der Waals surface area contributed by atoms with Crippen LogP contribution in [0.2, 0.25) is 10.0 Å². The van der Waals surface area contributed by atoms with Crippen LogP contribution in [0.3, 0.4) is 0 Å². The van der Waals surface area contributed by atoms with Crippen LogP contribution in [0.1, 0.15) is 11.1 Å². The Morgan fingerprint density at radius 1 is 1.04 bits per heavy atom. The largest absolute Gasteiger partial charge is 0.507 e. The summed E-state index contributed by atoms with van der Waals surface area (Å²) in [6, 6.07) is 13.5. The van der Waals surface area contributed by atoms with Gasteiger partial charge in [-0.05, 0) is 55.0 Å².